The quantitative estimate of drug-likeness (QED) is 0.796. The van der Waals surface area contributed by atoms with E-state index < -0.39 is 0 Å². The SMILES string of the molecule is CC(C)c1nccn1CCCNC(=O)c1ccc(N(C)C)nc1. The minimum absolute atomic E-state index is 0.0856. The third-order valence-corrected chi connectivity index (χ3v) is 3.59. The number of anilines is 1. The maximum absolute atomic E-state index is 12.1. The van der Waals surface area contributed by atoms with E-state index in [2.05, 4.69) is 33.7 Å². The number of nitrogens with zero attached hydrogens (tertiary/aromatic N) is 4. The lowest BCUT2D eigenvalue weighted by atomic mass is 10.2. The fourth-order valence-corrected chi connectivity index (χ4v) is 2.35. The van der Waals surface area contributed by atoms with Crippen LogP contribution in [0.15, 0.2) is 30.7 Å². The van der Waals surface area contributed by atoms with Crippen molar-refractivity contribution in [2.45, 2.75) is 32.7 Å². The predicted molar refractivity (Wildman–Crippen MR) is 91.8 cm³/mol. The van der Waals surface area contributed by atoms with Gasteiger partial charge in [0.15, 0.2) is 0 Å². The molecule has 124 valence electrons. The molecule has 2 rings (SSSR count). The number of aromatic nitrogens is 3. The number of carbonyl (C=O) groups is 1. The summed E-state index contributed by atoms with van der Waals surface area (Å²) in [5, 5.41) is 2.93. The minimum atomic E-state index is -0.0856. The molecule has 1 N–H and O–H groups in total. The Morgan fingerprint density at radius 1 is 1.30 bits per heavy atom. The normalized spacial score (nSPS) is 10.8. The van der Waals surface area contributed by atoms with Crippen molar-refractivity contribution in [2.75, 3.05) is 25.5 Å². The molecule has 6 nitrogen and oxygen atoms in total. The van der Waals surface area contributed by atoms with Crippen molar-refractivity contribution in [3.63, 3.8) is 0 Å². The van der Waals surface area contributed by atoms with Gasteiger partial charge in [-0.05, 0) is 18.6 Å². The third kappa shape index (κ3) is 4.55. The molecule has 0 aliphatic heterocycles. The Kier molecular flexibility index (Phi) is 5.73. The first-order chi connectivity index (χ1) is 11.0. The van der Waals surface area contributed by atoms with Crippen LogP contribution < -0.4 is 10.2 Å². The van der Waals surface area contributed by atoms with Gasteiger partial charge in [0, 0.05) is 51.7 Å². The Labute approximate surface area is 137 Å². The fourth-order valence-electron chi connectivity index (χ4n) is 2.35. The van der Waals surface area contributed by atoms with Crippen LogP contribution in [0.4, 0.5) is 5.82 Å². The van der Waals surface area contributed by atoms with E-state index in [9.17, 15) is 4.79 Å². The van der Waals surface area contributed by atoms with Gasteiger partial charge in [-0.25, -0.2) is 9.97 Å². The molecule has 0 aliphatic rings. The first-order valence-electron chi connectivity index (χ1n) is 7.91. The summed E-state index contributed by atoms with van der Waals surface area (Å²) in [6, 6.07) is 3.64. The van der Waals surface area contributed by atoms with Crippen LogP contribution in [0.25, 0.3) is 0 Å². The minimum Gasteiger partial charge on any atom is -0.363 e. The molecular weight excluding hydrogens is 290 g/mol. The molecular formula is C17H25N5O. The second kappa shape index (κ2) is 7.76. The fraction of sp³-hybridized carbons (Fsp3) is 0.471. The molecule has 0 saturated heterocycles. The van der Waals surface area contributed by atoms with Crippen molar-refractivity contribution < 1.29 is 4.79 Å². The van der Waals surface area contributed by atoms with E-state index in [-0.39, 0.29) is 5.91 Å². The van der Waals surface area contributed by atoms with E-state index >= 15 is 0 Å². The molecule has 0 bridgehead atoms. The molecule has 0 saturated carbocycles. The molecule has 0 aliphatic carbocycles. The Bertz CT molecular complexity index is 631. The molecule has 0 atom stereocenters. The maximum Gasteiger partial charge on any atom is 0.252 e. The zero-order valence-electron chi connectivity index (χ0n) is 14.3. The van der Waals surface area contributed by atoms with Crippen LogP contribution in [0.5, 0.6) is 0 Å². The van der Waals surface area contributed by atoms with E-state index in [0.29, 0.717) is 18.0 Å². The van der Waals surface area contributed by atoms with Crippen molar-refractivity contribution in [3.8, 4) is 0 Å². The van der Waals surface area contributed by atoms with Crippen LogP contribution >= 0.6 is 0 Å². The first kappa shape index (κ1) is 17.0. The van der Waals surface area contributed by atoms with Crippen LogP contribution in [0, 0.1) is 0 Å². The summed E-state index contributed by atoms with van der Waals surface area (Å²) < 4.78 is 2.14. The summed E-state index contributed by atoms with van der Waals surface area (Å²) in [7, 11) is 3.84. The first-order valence-corrected chi connectivity index (χ1v) is 7.91. The summed E-state index contributed by atoms with van der Waals surface area (Å²) in [5.74, 6) is 2.24. The maximum atomic E-state index is 12.1. The van der Waals surface area contributed by atoms with E-state index in [1.807, 2.05) is 37.5 Å². The molecule has 2 heterocycles. The molecule has 0 radical (unpaired) electrons. The highest BCUT2D eigenvalue weighted by molar-refractivity contribution is 5.94. The average Bonchev–Trinajstić information content (AvgIpc) is 3.00. The topological polar surface area (TPSA) is 63.1 Å². The van der Waals surface area contributed by atoms with Crippen molar-refractivity contribution in [3.05, 3.63) is 42.1 Å². The highest BCUT2D eigenvalue weighted by Gasteiger charge is 2.08. The predicted octanol–water partition coefficient (Wildman–Crippen LogP) is 2.29. The summed E-state index contributed by atoms with van der Waals surface area (Å²) in [6.45, 7) is 5.74. The van der Waals surface area contributed by atoms with Crippen molar-refractivity contribution >= 4 is 11.7 Å². The summed E-state index contributed by atoms with van der Waals surface area (Å²) in [5.41, 5.74) is 0.584. The molecule has 0 aromatic carbocycles. The lowest BCUT2D eigenvalue weighted by Gasteiger charge is -2.12. The standard InChI is InChI=1S/C17H25N5O/c1-13(2)16-18-9-11-22(16)10-5-8-19-17(23)14-6-7-15(20-12-14)21(3)4/h6-7,9,11-13H,5,8,10H2,1-4H3,(H,19,23). The summed E-state index contributed by atoms with van der Waals surface area (Å²) in [6.07, 6.45) is 6.29. The third-order valence-electron chi connectivity index (χ3n) is 3.59. The molecule has 0 fully saturated rings. The van der Waals surface area contributed by atoms with E-state index in [1.54, 1.807) is 12.3 Å². The van der Waals surface area contributed by atoms with Gasteiger partial charge in [0.05, 0.1) is 5.56 Å². The number of hydrogen-bond acceptors (Lipinski definition) is 4. The number of carbonyl (C=O) groups excluding carboxylic acids is 1. The van der Waals surface area contributed by atoms with Gasteiger partial charge in [-0.2, -0.15) is 0 Å². The summed E-state index contributed by atoms with van der Waals surface area (Å²) >= 11 is 0. The van der Waals surface area contributed by atoms with Crippen LogP contribution in [0.2, 0.25) is 0 Å². The van der Waals surface area contributed by atoms with E-state index in [0.717, 1.165) is 24.6 Å². The molecule has 2 aromatic rings. The van der Waals surface area contributed by atoms with Gasteiger partial charge >= 0.3 is 0 Å². The van der Waals surface area contributed by atoms with Crippen LogP contribution in [-0.4, -0.2) is 41.1 Å². The highest BCUT2D eigenvalue weighted by Crippen LogP contribution is 2.12. The van der Waals surface area contributed by atoms with E-state index in [1.165, 1.54) is 0 Å². The zero-order chi connectivity index (χ0) is 16.8. The smallest absolute Gasteiger partial charge is 0.252 e. The Morgan fingerprint density at radius 3 is 2.70 bits per heavy atom. The van der Waals surface area contributed by atoms with Crippen molar-refractivity contribution in [2.24, 2.45) is 0 Å². The van der Waals surface area contributed by atoms with Gasteiger partial charge < -0.3 is 14.8 Å². The van der Waals surface area contributed by atoms with Gasteiger partial charge in [-0.15, -0.1) is 0 Å². The number of rotatable bonds is 7. The van der Waals surface area contributed by atoms with Crippen molar-refractivity contribution in [1.82, 2.24) is 19.9 Å². The number of pyridine rings is 1. The van der Waals surface area contributed by atoms with E-state index in [4.69, 9.17) is 0 Å². The molecule has 0 unspecified atom stereocenters. The molecule has 6 heteroatoms. The number of hydrogen-bond donors (Lipinski definition) is 1. The Balaban J connectivity index is 1.79. The monoisotopic (exact) mass is 315 g/mol. The largest absolute Gasteiger partial charge is 0.363 e. The van der Waals surface area contributed by atoms with Crippen LogP contribution in [0.3, 0.4) is 0 Å². The highest BCUT2D eigenvalue weighted by atomic mass is 16.1. The number of aryl methyl sites for hydroxylation is 1. The van der Waals surface area contributed by atoms with Gasteiger partial charge in [-0.1, -0.05) is 13.8 Å². The van der Waals surface area contributed by atoms with Crippen LogP contribution in [0.1, 0.15) is 42.4 Å². The van der Waals surface area contributed by atoms with Gasteiger partial charge in [0.2, 0.25) is 0 Å². The molecule has 0 spiro atoms. The lowest BCUT2D eigenvalue weighted by Crippen LogP contribution is -2.25. The summed E-state index contributed by atoms with van der Waals surface area (Å²) in [4.78, 5) is 22.6. The lowest BCUT2D eigenvalue weighted by molar-refractivity contribution is 0.0952. The number of nitrogens with one attached hydrogen (secondary N) is 1. The molecule has 1 amide bonds. The second-order valence-corrected chi connectivity index (χ2v) is 6.04. The Morgan fingerprint density at radius 2 is 2.09 bits per heavy atom. The molecule has 23 heavy (non-hydrogen) atoms. The second-order valence-electron chi connectivity index (χ2n) is 6.04. The molecule has 2 aromatic heterocycles. The van der Waals surface area contributed by atoms with Gasteiger partial charge in [-0.3, -0.25) is 4.79 Å². The van der Waals surface area contributed by atoms with Gasteiger partial charge in [0.25, 0.3) is 5.91 Å². The van der Waals surface area contributed by atoms with Crippen molar-refractivity contribution in [1.29, 1.82) is 0 Å². The average molecular weight is 315 g/mol. The van der Waals surface area contributed by atoms with Crippen LogP contribution in [-0.2, 0) is 6.54 Å². The Hall–Kier alpha value is -2.37. The zero-order valence-corrected chi connectivity index (χ0v) is 14.3. The number of amides is 1. The van der Waals surface area contributed by atoms with Gasteiger partial charge in [0.1, 0.15) is 11.6 Å². The number of imidazole rings is 1.